The number of carbonyl (C=O) groups is 1. The van der Waals surface area contributed by atoms with Crippen LogP contribution in [-0.2, 0) is 12.8 Å². The Morgan fingerprint density at radius 2 is 1.92 bits per heavy atom. The molecule has 1 fully saturated rings. The van der Waals surface area contributed by atoms with E-state index in [2.05, 4.69) is 40.3 Å². The number of likely N-dealkylation sites (tertiary alicyclic amines) is 1. The van der Waals surface area contributed by atoms with Gasteiger partial charge in [-0.15, -0.1) is 0 Å². The molecule has 2 aromatic carbocycles. The number of rotatable bonds is 4. The number of hydrogen-bond acceptors (Lipinski definition) is 5. The second-order valence-electron chi connectivity index (χ2n) is 10.7. The maximum atomic E-state index is 15.0. The third-order valence-electron chi connectivity index (χ3n) is 8.36. The van der Waals surface area contributed by atoms with Gasteiger partial charge in [0.25, 0.3) is 5.91 Å². The lowest BCUT2D eigenvalue weighted by Crippen LogP contribution is -2.37. The Morgan fingerprint density at radius 3 is 2.74 bits per heavy atom. The molecule has 0 spiro atoms. The lowest BCUT2D eigenvalue weighted by atomic mass is 9.95. The summed E-state index contributed by atoms with van der Waals surface area (Å²) in [5.74, 6) is -0.716. The highest BCUT2D eigenvalue weighted by Gasteiger charge is 2.29. The fourth-order valence-electron chi connectivity index (χ4n) is 6.25. The molecule has 3 heterocycles. The number of benzene rings is 2. The summed E-state index contributed by atoms with van der Waals surface area (Å²) in [6.07, 6.45) is 10.6. The molecule has 1 saturated heterocycles. The van der Waals surface area contributed by atoms with Crippen LogP contribution in [0.4, 0.5) is 4.39 Å². The zero-order valence-corrected chi connectivity index (χ0v) is 21.7. The van der Waals surface area contributed by atoms with Gasteiger partial charge >= 0.3 is 0 Å². The van der Waals surface area contributed by atoms with Gasteiger partial charge in [-0.2, -0.15) is 0 Å². The molecule has 1 amide bonds. The third kappa shape index (κ3) is 4.71. The van der Waals surface area contributed by atoms with E-state index < -0.39 is 5.82 Å². The van der Waals surface area contributed by atoms with Crippen molar-refractivity contribution in [3.8, 4) is 16.9 Å². The minimum absolute atomic E-state index is 0.00485. The molecule has 6 nitrogen and oxygen atoms in total. The van der Waals surface area contributed by atoms with E-state index >= 15 is 4.39 Å². The molecule has 1 unspecified atom stereocenters. The van der Waals surface area contributed by atoms with Gasteiger partial charge in [0.2, 0.25) is 0 Å². The molecule has 38 heavy (non-hydrogen) atoms. The molecule has 0 saturated carbocycles. The summed E-state index contributed by atoms with van der Waals surface area (Å²) in [7, 11) is 0. The molecule has 3 aliphatic rings. The van der Waals surface area contributed by atoms with Crippen molar-refractivity contribution in [3.05, 3.63) is 82.4 Å². The fourth-order valence-corrected chi connectivity index (χ4v) is 6.25. The maximum Gasteiger partial charge on any atom is 0.255 e. The van der Waals surface area contributed by atoms with Crippen molar-refractivity contribution in [2.24, 2.45) is 0 Å². The maximum absolute atomic E-state index is 15.0. The standard InChI is InChI=1S/C31H33FN4O2/c1-19-3-2-11-36(19)25-8-6-20-4-5-22(13-21(20)7-9-25)23-14-24(18-34-17-23)30(33)26-16-29-27(15-28(26)32)31(37)35-10-12-38-29/h4-5,13-19,25,33H,2-3,6-12H2,1H3,(H,35,37)/t19-,25?/m1/s1. The van der Waals surface area contributed by atoms with Crippen molar-refractivity contribution in [2.45, 2.75) is 57.5 Å². The van der Waals surface area contributed by atoms with Gasteiger partial charge in [0, 0.05) is 41.2 Å². The average Bonchev–Trinajstić information content (AvgIpc) is 3.14. The molecule has 2 atom stereocenters. The van der Waals surface area contributed by atoms with Crippen LogP contribution in [0, 0.1) is 11.2 Å². The highest BCUT2D eigenvalue weighted by atomic mass is 19.1. The second kappa shape index (κ2) is 10.3. The Bertz CT molecular complexity index is 1400. The smallest absolute Gasteiger partial charge is 0.255 e. The first kappa shape index (κ1) is 24.7. The van der Waals surface area contributed by atoms with Crippen molar-refractivity contribution in [1.82, 2.24) is 15.2 Å². The van der Waals surface area contributed by atoms with Crippen LogP contribution in [0.2, 0.25) is 0 Å². The van der Waals surface area contributed by atoms with E-state index in [1.165, 1.54) is 49.4 Å². The van der Waals surface area contributed by atoms with E-state index in [1.807, 2.05) is 6.07 Å². The highest BCUT2D eigenvalue weighted by Crippen LogP contribution is 2.32. The van der Waals surface area contributed by atoms with Crippen LogP contribution in [0.15, 0.2) is 48.8 Å². The molecule has 1 aromatic heterocycles. The van der Waals surface area contributed by atoms with Crippen LogP contribution >= 0.6 is 0 Å². The van der Waals surface area contributed by atoms with Gasteiger partial charge in [0.15, 0.2) is 0 Å². The third-order valence-corrected chi connectivity index (χ3v) is 8.36. The van der Waals surface area contributed by atoms with Crippen LogP contribution in [0.3, 0.4) is 0 Å². The number of aryl methyl sites for hydroxylation is 2. The van der Waals surface area contributed by atoms with E-state index in [0.717, 1.165) is 30.0 Å². The van der Waals surface area contributed by atoms with Crippen molar-refractivity contribution in [3.63, 3.8) is 0 Å². The Labute approximate surface area is 222 Å². The number of halogens is 1. The molecule has 0 radical (unpaired) electrons. The quantitative estimate of drug-likeness (QED) is 0.374. The number of hydrogen-bond donors (Lipinski definition) is 2. The Morgan fingerprint density at radius 1 is 1.08 bits per heavy atom. The SMILES string of the molecule is C[C@@H]1CCCN1C1CCc2ccc(-c3cncc(C(=N)c4cc5c(cc4F)C(=O)NCCO5)c3)cc2CC1. The summed E-state index contributed by atoms with van der Waals surface area (Å²) in [5, 5.41) is 11.4. The van der Waals surface area contributed by atoms with Crippen molar-refractivity contribution in [2.75, 3.05) is 19.7 Å². The molecule has 3 aromatic rings. The van der Waals surface area contributed by atoms with Gasteiger partial charge in [-0.1, -0.05) is 18.2 Å². The minimum atomic E-state index is -0.633. The number of carbonyl (C=O) groups excluding carboxylic acids is 1. The zero-order chi connectivity index (χ0) is 26.2. The Kier molecular flexibility index (Phi) is 6.70. The minimum Gasteiger partial charge on any atom is -0.491 e. The first-order valence-corrected chi connectivity index (χ1v) is 13.6. The topological polar surface area (TPSA) is 78.3 Å². The van der Waals surface area contributed by atoms with Gasteiger partial charge in [-0.25, -0.2) is 4.39 Å². The van der Waals surface area contributed by atoms with E-state index in [0.29, 0.717) is 30.8 Å². The van der Waals surface area contributed by atoms with Gasteiger partial charge < -0.3 is 10.1 Å². The van der Waals surface area contributed by atoms with Crippen LogP contribution < -0.4 is 10.1 Å². The second-order valence-corrected chi connectivity index (χ2v) is 10.7. The molecule has 2 N–H and O–H groups in total. The number of amides is 1. The van der Waals surface area contributed by atoms with E-state index in [1.54, 1.807) is 12.4 Å². The lowest BCUT2D eigenvalue weighted by Gasteiger charge is -2.30. The number of fused-ring (bicyclic) bond motifs is 2. The largest absolute Gasteiger partial charge is 0.491 e. The van der Waals surface area contributed by atoms with Crippen molar-refractivity contribution >= 4 is 11.6 Å². The average molecular weight is 513 g/mol. The van der Waals surface area contributed by atoms with Crippen LogP contribution in [0.25, 0.3) is 11.1 Å². The Balaban J connectivity index is 1.25. The van der Waals surface area contributed by atoms with Crippen LogP contribution in [-0.4, -0.2) is 53.3 Å². The molecule has 7 heteroatoms. The van der Waals surface area contributed by atoms with Crippen molar-refractivity contribution < 1.29 is 13.9 Å². The monoisotopic (exact) mass is 512 g/mol. The van der Waals surface area contributed by atoms with Gasteiger partial charge in [0.1, 0.15) is 18.2 Å². The summed E-state index contributed by atoms with van der Waals surface area (Å²) in [6.45, 7) is 4.24. The Hall–Kier alpha value is -3.58. The van der Waals surface area contributed by atoms with Crippen LogP contribution in [0.5, 0.6) is 5.75 Å². The highest BCUT2D eigenvalue weighted by molar-refractivity contribution is 6.12. The summed E-state index contributed by atoms with van der Waals surface area (Å²) < 4.78 is 20.7. The van der Waals surface area contributed by atoms with Gasteiger partial charge in [-0.3, -0.25) is 20.1 Å². The molecule has 1 aliphatic carbocycles. The molecule has 196 valence electrons. The number of nitrogens with one attached hydrogen (secondary N) is 2. The molecule has 6 rings (SSSR count). The molecule has 0 bridgehead atoms. The summed E-state index contributed by atoms with van der Waals surface area (Å²) >= 11 is 0. The molecular weight excluding hydrogens is 479 g/mol. The predicted octanol–water partition coefficient (Wildman–Crippen LogP) is 5.16. The van der Waals surface area contributed by atoms with Crippen molar-refractivity contribution in [1.29, 1.82) is 5.41 Å². The van der Waals surface area contributed by atoms with Gasteiger partial charge in [-0.05, 0) is 86.9 Å². The van der Waals surface area contributed by atoms with E-state index in [-0.39, 0.29) is 28.5 Å². The zero-order valence-electron chi connectivity index (χ0n) is 21.7. The number of ether oxygens (including phenoxy) is 1. The first-order valence-electron chi connectivity index (χ1n) is 13.6. The first-order chi connectivity index (χ1) is 18.5. The number of aromatic nitrogens is 1. The molecule has 2 aliphatic heterocycles. The van der Waals surface area contributed by atoms with Crippen LogP contribution in [0.1, 0.15) is 65.2 Å². The lowest BCUT2D eigenvalue weighted by molar-refractivity contribution is 0.0956. The normalized spacial score (nSPS) is 21.5. The predicted molar refractivity (Wildman–Crippen MR) is 146 cm³/mol. The van der Waals surface area contributed by atoms with Gasteiger partial charge in [0.05, 0.1) is 17.8 Å². The summed E-state index contributed by atoms with van der Waals surface area (Å²) in [5.41, 5.74) is 5.52. The molecular formula is C31H33FN4O2. The van der Waals surface area contributed by atoms with E-state index in [4.69, 9.17) is 10.1 Å². The summed E-state index contributed by atoms with van der Waals surface area (Å²) in [4.78, 5) is 19.3. The number of pyridine rings is 1. The fraction of sp³-hybridized carbons (Fsp3) is 0.387. The summed E-state index contributed by atoms with van der Waals surface area (Å²) in [6, 6.07) is 12.5. The van der Waals surface area contributed by atoms with E-state index in [9.17, 15) is 4.79 Å². The number of nitrogens with zero attached hydrogens (tertiary/aromatic N) is 2.